The lowest BCUT2D eigenvalue weighted by molar-refractivity contribution is 0.101. The zero-order chi connectivity index (χ0) is 33.6. The Bertz CT molecular complexity index is 1900. The normalized spacial score (nSPS) is 14.5. The Labute approximate surface area is 287 Å². The highest BCUT2D eigenvalue weighted by Gasteiger charge is 2.19. The van der Waals surface area contributed by atoms with Crippen LogP contribution in [0.15, 0.2) is 66.2 Å². The Kier molecular flexibility index (Phi) is 10.8. The van der Waals surface area contributed by atoms with Crippen molar-refractivity contribution in [3.05, 3.63) is 77.4 Å². The first-order chi connectivity index (χ1) is 23.4. The van der Waals surface area contributed by atoms with Crippen LogP contribution < -0.4 is 15.8 Å². The highest BCUT2D eigenvalue weighted by Crippen LogP contribution is 2.41. The summed E-state index contributed by atoms with van der Waals surface area (Å²) >= 11 is 1.67. The van der Waals surface area contributed by atoms with Crippen molar-refractivity contribution in [3.63, 3.8) is 0 Å². The summed E-state index contributed by atoms with van der Waals surface area (Å²) in [5, 5.41) is 7.13. The van der Waals surface area contributed by atoms with Gasteiger partial charge in [-0.15, -0.1) is 11.3 Å². The van der Waals surface area contributed by atoms with E-state index in [4.69, 9.17) is 10.5 Å². The molecule has 5 aromatic rings. The summed E-state index contributed by atoms with van der Waals surface area (Å²) in [6, 6.07) is 15.7. The number of ether oxygens (including phenoxy) is 1. The molecular weight excluding hydrogens is 619 g/mol. The topological polar surface area (TPSA) is 91.9 Å². The molecule has 0 saturated carbocycles. The summed E-state index contributed by atoms with van der Waals surface area (Å²) in [7, 11) is 3.52. The number of thiophene rings is 1. The SMILES string of the molecule is CCN(CC)CCCN1CCN(CC=Cc2cnc(N)c3c(-c4ccc(NC(=O)c5cc6ccccc6n5C)c(OC)c4)csc23)CC1. The van der Waals surface area contributed by atoms with Crippen LogP contribution in [0.4, 0.5) is 11.5 Å². The second kappa shape index (κ2) is 15.3. The average molecular weight is 666 g/mol. The lowest BCUT2D eigenvalue weighted by Crippen LogP contribution is -2.46. The minimum absolute atomic E-state index is 0.196. The molecule has 6 rings (SSSR count). The van der Waals surface area contributed by atoms with E-state index in [1.807, 2.05) is 66.3 Å². The van der Waals surface area contributed by atoms with Crippen LogP contribution in [0, 0.1) is 0 Å². The maximum absolute atomic E-state index is 13.3. The smallest absolute Gasteiger partial charge is 0.272 e. The van der Waals surface area contributed by atoms with Crippen molar-refractivity contribution >= 4 is 55.8 Å². The Morgan fingerprint density at radius 2 is 1.85 bits per heavy atom. The van der Waals surface area contributed by atoms with E-state index in [-0.39, 0.29) is 5.91 Å². The summed E-state index contributed by atoms with van der Waals surface area (Å²) in [5.41, 5.74) is 11.7. The van der Waals surface area contributed by atoms with Crippen LogP contribution in [0.1, 0.15) is 36.3 Å². The number of carbonyl (C=O) groups excluding carboxylic acids is 1. The number of hydrogen-bond acceptors (Lipinski definition) is 8. The number of hydrogen-bond donors (Lipinski definition) is 2. The second-order valence-electron chi connectivity index (χ2n) is 12.4. The fraction of sp³-hybridized carbons (Fsp3) is 0.368. The van der Waals surface area contributed by atoms with Gasteiger partial charge in [0.05, 0.1) is 12.8 Å². The van der Waals surface area contributed by atoms with Crippen molar-refractivity contribution in [1.29, 1.82) is 0 Å². The van der Waals surface area contributed by atoms with Crippen LogP contribution in [0.5, 0.6) is 5.75 Å². The van der Waals surface area contributed by atoms with E-state index < -0.39 is 0 Å². The molecule has 3 aromatic heterocycles. The molecule has 1 amide bonds. The van der Waals surface area contributed by atoms with Crippen molar-refractivity contribution in [2.45, 2.75) is 20.3 Å². The van der Waals surface area contributed by atoms with E-state index in [2.05, 4.69) is 56.4 Å². The number of nitrogens with zero attached hydrogens (tertiary/aromatic N) is 5. The standard InChI is InChI=1S/C38H47N7O2S/c1-5-43(6-2)17-10-18-45-21-19-44(20-22-45)16-9-12-29-25-40-37(39)35-30(26-48-36(29)35)27-14-15-31(34(24-27)47-4)41-38(46)33-23-28-11-7-8-13-32(28)42(33)3/h7-9,11-15,23-26H,5-6,10,16-22H2,1-4H3,(H2,39,40)(H,41,46). The zero-order valence-electron chi connectivity index (χ0n) is 28.5. The quantitative estimate of drug-likeness (QED) is 0.145. The maximum Gasteiger partial charge on any atom is 0.272 e. The number of nitrogens with one attached hydrogen (secondary N) is 1. The van der Waals surface area contributed by atoms with Crippen LogP contribution in [0.3, 0.4) is 0 Å². The maximum atomic E-state index is 13.3. The summed E-state index contributed by atoms with van der Waals surface area (Å²) in [6.07, 6.45) is 7.54. The van der Waals surface area contributed by atoms with Gasteiger partial charge in [-0.3, -0.25) is 9.69 Å². The summed E-state index contributed by atoms with van der Waals surface area (Å²) in [6.45, 7) is 14.5. The van der Waals surface area contributed by atoms with Gasteiger partial charge in [-0.25, -0.2) is 4.98 Å². The highest BCUT2D eigenvalue weighted by molar-refractivity contribution is 7.18. The molecule has 0 atom stereocenters. The number of carbonyl (C=O) groups is 1. The zero-order valence-corrected chi connectivity index (χ0v) is 29.4. The molecule has 10 heteroatoms. The molecule has 252 valence electrons. The molecule has 1 saturated heterocycles. The summed E-state index contributed by atoms with van der Waals surface area (Å²) in [5.74, 6) is 0.881. The number of nitrogen functional groups attached to an aromatic ring is 1. The number of methoxy groups -OCH3 is 1. The second-order valence-corrected chi connectivity index (χ2v) is 13.3. The molecule has 1 aliphatic rings. The first-order valence-corrected chi connectivity index (χ1v) is 17.8. The number of anilines is 2. The first-order valence-electron chi connectivity index (χ1n) is 16.9. The van der Waals surface area contributed by atoms with E-state index in [1.165, 1.54) is 19.5 Å². The highest BCUT2D eigenvalue weighted by atomic mass is 32.1. The lowest BCUT2D eigenvalue weighted by atomic mass is 10.0. The molecule has 0 radical (unpaired) electrons. The van der Waals surface area contributed by atoms with Gasteiger partial charge in [0.15, 0.2) is 0 Å². The third-order valence-electron chi connectivity index (χ3n) is 9.57. The number of piperazine rings is 1. The molecule has 9 nitrogen and oxygen atoms in total. The molecule has 1 aliphatic heterocycles. The Morgan fingerprint density at radius 1 is 1.08 bits per heavy atom. The summed E-state index contributed by atoms with van der Waals surface area (Å²) < 4.78 is 8.76. The number of aryl methyl sites for hydroxylation is 1. The molecule has 4 heterocycles. The van der Waals surface area contributed by atoms with E-state index in [0.717, 1.165) is 83.5 Å². The van der Waals surface area contributed by atoms with E-state index in [9.17, 15) is 4.79 Å². The van der Waals surface area contributed by atoms with Gasteiger partial charge >= 0.3 is 0 Å². The average Bonchev–Trinajstić information content (AvgIpc) is 3.71. The summed E-state index contributed by atoms with van der Waals surface area (Å²) in [4.78, 5) is 25.5. The van der Waals surface area contributed by atoms with Crippen molar-refractivity contribution in [3.8, 4) is 16.9 Å². The molecule has 2 aromatic carbocycles. The van der Waals surface area contributed by atoms with E-state index >= 15 is 0 Å². The largest absolute Gasteiger partial charge is 0.495 e. The Balaban J connectivity index is 1.12. The molecule has 0 bridgehead atoms. The minimum atomic E-state index is -0.196. The van der Waals surface area contributed by atoms with Crippen molar-refractivity contribution in [1.82, 2.24) is 24.3 Å². The Morgan fingerprint density at radius 3 is 2.60 bits per heavy atom. The van der Waals surface area contributed by atoms with Crippen molar-refractivity contribution in [2.75, 3.05) is 77.1 Å². The Hall–Kier alpha value is -4.22. The number of para-hydroxylation sites is 1. The van der Waals surface area contributed by atoms with Crippen molar-refractivity contribution < 1.29 is 9.53 Å². The molecule has 0 spiro atoms. The van der Waals surface area contributed by atoms with Crippen LogP contribution >= 0.6 is 11.3 Å². The van der Waals surface area contributed by atoms with E-state index in [1.54, 1.807) is 18.4 Å². The predicted octanol–water partition coefficient (Wildman–Crippen LogP) is 6.66. The van der Waals surface area contributed by atoms with Gasteiger partial charge in [-0.05, 0) is 67.8 Å². The number of amides is 1. The van der Waals surface area contributed by atoms with Gasteiger partial charge in [0, 0.05) is 78.1 Å². The predicted molar refractivity (Wildman–Crippen MR) is 201 cm³/mol. The molecule has 0 aliphatic carbocycles. The van der Waals surface area contributed by atoms with Crippen LogP contribution in [-0.4, -0.2) is 96.2 Å². The number of benzene rings is 2. The van der Waals surface area contributed by atoms with Gasteiger partial charge in [-0.1, -0.05) is 50.3 Å². The molecule has 3 N–H and O–H groups in total. The molecule has 0 unspecified atom stereocenters. The fourth-order valence-electron chi connectivity index (χ4n) is 6.66. The molecular formula is C38H47N7O2S. The fourth-order valence-corrected chi connectivity index (χ4v) is 7.73. The van der Waals surface area contributed by atoms with E-state index in [0.29, 0.717) is 22.9 Å². The van der Waals surface area contributed by atoms with Gasteiger partial charge in [0.1, 0.15) is 17.3 Å². The monoisotopic (exact) mass is 665 g/mol. The van der Waals surface area contributed by atoms with Gasteiger partial charge in [0.25, 0.3) is 5.91 Å². The van der Waals surface area contributed by atoms with Crippen LogP contribution in [0.2, 0.25) is 0 Å². The number of nitrogens with two attached hydrogens (primary N) is 1. The third-order valence-corrected chi connectivity index (χ3v) is 10.6. The lowest BCUT2D eigenvalue weighted by Gasteiger charge is -2.34. The molecule has 1 fully saturated rings. The third kappa shape index (κ3) is 7.27. The minimum Gasteiger partial charge on any atom is -0.495 e. The van der Waals surface area contributed by atoms with Crippen molar-refractivity contribution in [2.24, 2.45) is 7.05 Å². The molecule has 48 heavy (non-hydrogen) atoms. The van der Waals surface area contributed by atoms with Crippen LogP contribution in [0.25, 0.3) is 38.2 Å². The van der Waals surface area contributed by atoms with Gasteiger partial charge < -0.3 is 30.2 Å². The number of aromatic nitrogens is 2. The van der Waals surface area contributed by atoms with Gasteiger partial charge in [0.2, 0.25) is 0 Å². The van der Waals surface area contributed by atoms with Gasteiger partial charge in [-0.2, -0.15) is 0 Å². The van der Waals surface area contributed by atoms with Crippen LogP contribution in [-0.2, 0) is 7.05 Å². The number of rotatable bonds is 13. The first kappa shape index (κ1) is 33.7. The number of fused-ring (bicyclic) bond motifs is 2. The number of pyridine rings is 1.